The van der Waals surface area contributed by atoms with Gasteiger partial charge in [-0.15, -0.1) is 0 Å². The summed E-state index contributed by atoms with van der Waals surface area (Å²) in [6.45, 7) is 0.264. The standard InChI is InChI=1S/C29H34N6O5/c30-26(37)13-12-24-25(36)11-3-1-2-4-14-39-22-9-5-7-20(15-22)33-27-17-28(32-19-31-27)34-21-8-6-10-23(16-21)40-18-29(38)35-24/h5-10,15-17,19,24H,1-4,11-14,18H2,(H2,30,37)(H,35,38)(H2,31,32,33,34). The van der Waals surface area contributed by atoms with E-state index in [9.17, 15) is 14.4 Å². The van der Waals surface area contributed by atoms with Crippen molar-refractivity contribution < 1.29 is 23.9 Å². The van der Waals surface area contributed by atoms with Gasteiger partial charge in [0.2, 0.25) is 5.91 Å². The van der Waals surface area contributed by atoms with Crippen LogP contribution in [-0.4, -0.2) is 46.8 Å². The number of nitrogens with one attached hydrogen (secondary N) is 3. The fourth-order valence-electron chi connectivity index (χ4n) is 4.22. The van der Waals surface area contributed by atoms with Crippen molar-refractivity contribution in [1.29, 1.82) is 0 Å². The number of Topliss-reactive ketones (excluding diaryl/α,β-unsaturated/α-hetero) is 1. The van der Waals surface area contributed by atoms with E-state index in [-0.39, 0.29) is 25.2 Å². The Bertz CT molecular complexity index is 1320. The minimum absolute atomic E-state index is 0.00404. The third-order valence-corrected chi connectivity index (χ3v) is 6.24. The molecule has 210 valence electrons. The fraction of sp³-hybridized carbons (Fsp3) is 0.345. The van der Waals surface area contributed by atoms with Gasteiger partial charge in [-0.05, 0) is 43.5 Å². The van der Waals surface area contributed by atoms with Gasteiger partial charge in [-0.3, -0.25) is 14.4 Å². The van der Waals surface area contributed by atoms with E-state index in [1.807, 2.05) is 30.3 Å². The average molecular weight is 547 g/mol. The Morgan fingerprint density at radius 2 is 1.52 bits per heavy atom. The summed E-state index contributed by atoms with van der Waals surface area (Å²) in [5.74, 6) is 1.26. The van der Waals surface area contributed by atoms with Gasteiger partial charge in [0, 0.05) is 42.4 Å². The van der Waals surface area contributed by atoms with Crippen molar-refractivity contribution in [1.82, 2.24) is 15.3 Å². The van der Waals surface area contributed by atoms with Gasteiger partial charge in [-0.2, -0.15) is 0 Å². The summed E-state index contributed by atoms with van der Waals surface area (Å²) in [5.41, 5.74) is 6.81. The van der Waals surface area contributed by atoms with Gasteiger partial charge in [0.25, 0.3) is 5.91 Å². The molecular formula is C29H34N6O5. The molecule has 6 bridgehead atoms. The maximum absolute atomic E-state index is 12.8. The summed E-state index contributed by atoms with van der Waals surface area (Å²) in [7, 11) is 0. The molecule has 11 nitrogen and oxygen atoms in total. The van der Waals surface area contributed by atoms with Gasteiger partial charge in [0.05, 0.1) is 12.6 Å². The lowest BCUT2D eigenvalue weighted by Gasteiger charge is -2.18. The van der Waals surface area contributed by atoms with E-state index in [0.717, 1.165) is 30.7 Å². The van der Waals surface area contributed by atoms with Crippen LogP contribution in [0.1, 0.15) is 44.9 Å². The third-order valence-electron chi connectivity index (χ3n) is 6.24. The first-order valence-corrected chi connectivity index (χ1v) is 13.4. The monoisotopic (exact) mass is 546 g/mol. The second-order valence-corrected chi connectivity index (χ2v) is 9.49. The predicted molar refractivity (Wildman–Crippen MR) is 151 cm³/mol. The van der Waals surface area contributed by atoms with Crippen LogP contribution in [0.25, 0.3) is 0 Å². The van der Waals surface area contributed by atoms with E-state index in [1.54, 1.807) is 24.3 Å². The summed E-state index contributed by atoms with van der Waals surface area (Å²) in [5, 5.41) is 9.19. The quantitative estimate of drug-likeness (QED) is 0.381. The highest BCUT2D eigenvalue weighted by atomic mass is 16.5. The molecule has 2 amide bonds. The van der Waals surface area contributed by atoms with Crippen LogP contribution in [0.4, 0.5) is 23.0 Å². The second kappa shape index (κ2) is 14.5. The van der Waals surface area contributed by atoms with Crippen LogP contribution in [0, 0.1) is 0 Å². The molecule has 2 aromatic carbocycles. The van der Waals surface area contributed by atoms with Crippen molar-refractivity contribution in [3.63, 3.8) is 0 Å². The fourth-order valence-corrected chi connectivity index (χ4v) is 4.22. The normalized spacial score (nSPS) is 17.1. The minimum Gasteiger partial charge on any atom is -0.494 e. The molecule has 0 radical (unpaired) electrons. The van der Waals surface area contributed by atoms with Crippen LogP contribution in [-0.2, 0) is 14.4 Å². The molecular weight excluding hydrogens is 512 g/mol. The predicted octanol–water partition coefficient (Wildman–Crippen LogP) is 4.00. The van der Waals surface area contributed by atoms with Crippen LogP contribution >= 0.6 is 0 Å². The molecule has 1 aromatic heterocycles. The molecule has 1 aliphatic rings. The molecule has 4 rings (SSSR count). The molecule has 11 heteroatoms. The zero-order valence-corrected chi connectivity index (χ0v) is 22.2. The van der Waals surface area contributed by atoms with Gasteiger partial charge in [0.15, 0.2) is 12.4 Å². The number of ketones is 1. The number of ether oxygens (including phenoxy) is 2. The van der Waals surface area contributed by atoms with Crippen LogP contribution in [0.2, 0.25) is 0 Å². The molecule has 2 heterocycles. The lowest BCUT2D eigenvalue weighted by molar-refractivity contribution is -0.129. The summed E-state index contributed by atoms with van der Waals surface area (Å²) in [4.78, 5) is 45.4. The van der Waals surface area contributed by atoms with Gasteiger partial charge >= 0.3 is 0 Å². The molecule has 0 spiro atoms. The number of aromatic nitrogens is 2. The Labute approximate surface area is 232 Å². The number of nitrogens with two attached hydrogens (primary N) is 1. The molecule has 1 atom stereocenters. The number of nitrogens with zero attached hydrogens (tertiary/aromatic N) is 2. The Hall–Kier alpha value is -4.67. The summed E-state index contributed by atoms with van der Waals surface area (Å²) >= 11 is 0. The minimum atomic E-state index is -0.793. The number of hydrogen-bond donors (Lipinski definition) is 4. The second-order valence-electron chi connectivity index (χ2n) is 9.49. The number of fused-ring (bicyclic) bond motifs is 6. The lowest BCUT2D eigenvalue weighted by Crippen LogP contribution is -2.43. The Morgan fingerprint density at radius 1 is 0.875 bits per heavy atom. The number of primary amides is 1. The van der Waals surface area contributed by atoms with Crippen molar-refractivity contribution >= 4 is 40.6 Å². The topological polar surface area (TPSA) is 158 Å². The van der Waals surface area contributed by atoms with Crippen molar-refractivity contribution in [2.24, 2.45) is 5.73 Å². The van der Waals surface area contributed by atoms with Gasteiger partial charge in [-0.1, -0.05) is 25.0 Å². The van der Waals surface area contributed by atoms with Crippen LogP contribution in [0.15, 0.2) is 60.9 Å². The average Bonchev–Trinajstić information content (AvgIpc) is 2.93. The number of anilines is 4. The Kier molecular flexibility index (Phi) is 10.3. The van der Waals surface area contributed by atoms with Crippen LogP contribution < -0.4 is 31.2 Å². The zero-order valence-electron chi connectivity index (χ0n) is 22.2. The van der Waals surface area contributed by atoms with E-state index < -0.39 is 17.9 Å². The summed E-state index contributed by atoms with van der Waals surface area (Å²) in [6, 6.07) is 15.7. The SMILES string of the molecule is NC(=O)CCC1NC(=O)COc2cccc(c2)Nc2cc(ncn2)Nc2cccc(c2)OCCCCCCC1=O. The van der Waals surface area contributed by atoms with E-state index >= 15 is 0 Å². The number of amides is 2. The third kappa shape index (κ3) is 9.26. The highest BCUT2D eigenvalue weighted by Crippen LogP contribution is 2.24. The maximum Gasteiger partial charge on any atom is 0.258 e. The Balaban J connectivity index is 1.49. The molecule has 5 N–H and O–H groups in total. The number of hydrogen-bond acceptors (Lipinski definition) is 9. The molecule has 3 aromatic rings. The number of benzene rings is 2. The lowest BCUT2D eigenvalue weighted by atomic mass is 10.0. The smallest absolute Gasteiger partial charge is 0.258 e. The van der Waals surface area contributed by atoms with Crippen LogP contribution in [0.3, 0.4) is 0 Å². The van der Waals surface area contributed by atoms with Crippen molar-refractivity contribution in [3.8, 4) is 11.5 Å². The largest absolute Gasteiger partial charge is 0.494 e. The number of rotatable bonds is 3. The summed E-state index contributed by atoms with van der Waals surface area (Å²) < 4.78 is 11.6. The zero-order chi connectivity index (χ0) is 28.2. The molecule has 40 heavy (non-hydrogen) atoms. The first-order chi connectivity index (χ1) is 19.4. The number of carbonyl (C=O) groups excluding carboxylic acids is 3. The van der Waals surface area contributed by atoms with Gasteiger partial charge < -0.3 is 31.2 Å². The highest BCUT2D eigenvalue weighted by molar-refractivity contribution is 5.90. The van der Waals surface area contributed by atoms with Crippen molar-refractivity contribution in [3.05, 3.63) is 60.9 Å². The van der Waals surface area contributed by atoms with E-state index in [0.29, 0.717) is 42.5 Å². The first-order valence-electron chi connectivity index (χ1n) is 13.4. The van der Waals surface area contributed by atoms with E-state index in [4.69, 9.17) is 15.2 Å². The maximum atomic E-state index is 12.8. The molecule has 0 saturated heterocycles. The van der Waals surface area contributed by atoms with E-state index in [2.05, 4.69) is 25.9 Å². The van der Waals surface area contributed by atoms with Gasteiger partial charge in [0.1, 0.15) is 29.5 Å². The van der Waals surface area contributed by atoms with Crippen molar-refractivity contribution in [2.45, 2.75) is 51.0 Å². The first kappa shape index (κ1) is 28.3. The van der Waals surface area contributed by atoms with Crippen molar-refractivity contribution in [2.75, 3.05) is 23.8 Å². The van der Waals surface area contributed by atoms with Gasteiger partial charge in [-0.25, -0.2) is 9.97 Å². The number of carbonyl (C=O) groups is 3. The van der Waals surface area contributed by atoms with E-state index in [1.165, 1.54) is 6.33 Å². The summed E-state index contributed by atoms with van der Waals surface area (Å²) in [6.07, 6.45) is 5.17. The molecule has 1 unspecified atom stereocenters. The Morgan fingerprint density at radius 3 is 2.20 bits per heavy atom. The highest BCUT2D eigenvalue weighted by Gasteiger charge is 2.21. The molecule has 1 aliphatic heterocycles. The molecule has 0 saturated carbocycles. The van der Waals surface area contributed by atoms with Crippen LogP contribution in [0.5, 0.6) is 11.5 Å². The molecule has 0 aliphatic carbocycles. The molecule has 0 fully saturated rings.